The highest BCUT2D eigenvalue weighted by Gasteiger charge is 2.16. The zero-order chi connectivity index (χ0) is 22.1. The molecule has 5 rings (SSSR count). The van der Waals surface area contributed by atoms with E-state index in [9.17, 15) is 5.11 Å². The van der Waals surface area contributed by atoms with E-state index in [2.05, 4.69) is 51.3 Å². The van der Waals surface area contributed by atoms with Crippen molar-refractivity contribution in [2.75, 3.05) is 40.3 Å². The summed E-state index contributed by atoms with van der Waals surface area (Å²) in [6, 6.07) is 16.3. The fourth-order valence-electron chi connectivity index (χ4n) is 4.33. The number of pyridine rings is 1. The van der Waals surface area contributed by atoms with Gasteiger partial charge in [-0.2, -0.15) is 0 Å². The molecule has 1 aliphatic rings. The van der Waals surface area contributed by atoms with E-state index in [1.165, 1.54) is 12.7 Å². The number of fused-ring (bicyclic) bond motifs is 2. The van der Waals surface area contributed by atoms with Crippen LogP contribution in [0.5, 0.6) is 5.88 Å². The molecule has 7 heteroatoms. The molecule has 0 unspecified atom stereocenters. The highest BCUT2D eigenvalue weighted by molar-refractivity contribution is 6.01. The minimum absolute atomic E-state index is 0.111. The Morgan fingerprint density at radius 1 is 1.09 bits per heavy atom. The molecule has 2 aromatic carbocycles. The topological polar surface area (TPSA) is 77.0 Å². The Morgan fingerprint density at radius 2 is 1.94 bits per heavy atom. The van der Waals surface area contributed by atoms with Gasteiger partial charge < -0.3 is 19.8 Å². The summed E-state index contributed by atoms with van der Waals surface area (Å²) in [5.41, 5.74) is 5.37. The largest absolute Gasteiger partial charge is 0.494 e. The minimum atomic E-state index is 0.111. The van der Waals surface area contributed by atoms with Gasteiger partial charge in [0.05, 0.1) is 23.0 Å². The number of oxime groups is 1. The first kappa shape index (κ1) is 20.5. The molecule has 2 N–H and O–H groups in total. The van der Waals surface area contributed by atoms with Gasteiger partial charge in [0.2, 0.25) is 0 Å². The van der Waals surface area contributed by atoms with E-state index < -0.39 is 0 Å². The first-order chi connectivity index (χ1) is 15.6. The number of piperazine rings is 1. The minimum Gasteiger partial charge on any atom is -0.494 e. The van der Waals surface area contributed by atoms with Crippen molar-refractivity contribution in [1.82, 2.24) is 19.8 Å². The van der Waals surface area contributed by atoms with Crippen LogP contribution in [0.25, 0.3) is 33.1 Å². The van der Waals surface area contributed by atoms with Crippen LogP contribution in [0.15, 0.2) is 53.7 Å². The Balaban J connectivity index is 1.44. The third-order valence-electron chi connectivity index (χ3n) is 6.12. The molecular weight excluding hydrogens is 402 g/mol. The first-order valence-electron chi connectivity index (χ1n) is 10.8. The highest BCUT2D eigenvalue weighted by atomic mass is 16.6. The summed E-state index contributed by atoms with van der Waals surface area (Å²) < 4.78 is 0. The van der Waals surface area contributed by atoms with Crippen LogP contribution in [-0.4, -0.2) is 71.4 Å². The van der Waals surface area contributed by atoms with Gasteiger partial charge in [-0.3, -0.25) is 4.90 Å². The van der Waals surface area contributed by atoms with Crippen LogP contribution in [-0.2, 0) is 11.4 Å². The number of likely N-dealkylation sites (N-methyl/N-ethyl adjacent to an activating group) is 1. The van der Waals surface area contributed by atoms with Crippen molar-refractivity contribution in [3.63, 3.8) is 0 Å². The maximum atomic E-state index is 10.6. The number of H-pyrrole nitrogens is 1. The first-order valence-corrected chi connectivity index (χ1v) is 10.8. The lowest BCUT2D eigenvalue weighted by molar-refractivity contribution is 0.148. The number of aromatic nitrogens is 2. The third kappa shape index (κ3) is 4.04. The molecule has 0 spiro atoms. The Hall–Kier alpha value is -3.42. The van der Waals surface area contributed by atoms with Crippen LogP contribution in [0.1, 0.15) is 11.1 Å². The average molecular weight is 430 g/mol. The highest BCUT2D eigenvalue weighted by Crippen LogP contribution is 2.36. The van der Waals surface area contributed by atoms with Gasteiger partial charge in [0.15, 0.2) is 5.88 Å². The smallest absolute Gasteiger partial charge is 0.199 e. The summed E-state index contributed by atoms with van der Waals surface area (Å²) in [5, 5.41) is 16.4. The summed E-state index contributed by atoms with van der Waals surface area (Å²) >= 11 is 0. The van der Waals surface area contributed by atoms with Gasteiger partial charge in [-0.05, 0) is 42.4 Å². The quantitative estimate of drug-likeness (QED) is 0.373. The zero-order valence-electron chi connectivity index (χ0n) is 18.4. The monoisotopic (exact) mass is 429 g/mol. The van der Waals surface area contributed by atoms with E-state index in [4.69, 9.17) is 9.82 Å². The molecule has 7 nitrogen and oxygen atoms in total. The number of nitrogens with zero attached hydrogens (tertiary/aromatic N) is 4. The fraction of sp³-hybridized carbons (Fsp3) is 0.280. The van der Waals surface area contributed by atoms with Crippen molar-refractivity contribution < 1.29 is 9.94 Å². The molecule has 1 saturated heterocycles. The van der Waals surface area contributed by atoms with Crippen molar-refractivity contribution in [3.05, 3.63) is 59.7 Å². The molecule has 2 aromatic heterocycles. The van der Waals surface area contributed by atoms with E-state index in [-0.39, 0.29) is 5.88 Å². The van der Waals surface area contributed by atoms with E-state index in [1.807, 2.05) is 24.3 Å². The van der Waals surface area contributed by atoms with E-state index >= 15 is 0 Å². The lowest BCUT2D eigenvalue weighted by atomic mass is 10.1. The lowest BCUT2D eigenvalue weighted by Crippen LogP contribution is -2.43. The molecule has 0 aliphatic carbocycles. The summed E-state index contributed by atoms with van der Waals surface area (Å²) in [7, 11) is 3.69. The standard InChI is InChI=1S/C25H27N5O2/c1-29-9-11-30(12-10-29)16-18-4-7-21-19(13-18)5-8-22(27-21)24-20-6-3-17(15-26-32-2)14-23(20)28-25(24)31/h3-8,13-15,28,31H,9-12,16H2,1-2H3. The molecule has 0 bridgehead atoms. The van der Waals surface area contributed by atoms with Crippen molar-refractivity contribution in [2.24, 2.45) is 5.16 Å². The number of rotatable bonds is 5. The van der Waals surface area contributed by atoms with Crippen molar-refractivity contribution >= 4 is 28.0 Å². The predicted molar refractivity (Wildman–Crippen MR) is 128 cm³/mol. The number of nitrogens with one attached hydrogen (secondary N) is 1. The second kappa shape index (κ2) is 8.61. The molecule has 0 saturated carbocycles. The summed E-state index contributed by atoms with van der Waals surface area (Å²) in [6.07, 6.45) is 1.63. The SMILES string of the molecule is CON=Cc1ccc2c(-c3ccc4cc(CN5CCN(C)CC5)ccc4n3)c(O)[nH]c2c1. The normalized spacial score (nSPS) is 15.8. The Morgan fingerprint density at radius 3 is 2.75 bits per heavy atom. The third-order valence-corrected chi connectivity index (χ3v) is 6.12. The fourth-order valence-corrected chi connectivity index (χ4v) is 4.33. The molecule has 3 heterocycles. The number of hydrogen-bond acceptors (Lipinski definition) is 6. The van der Waals surface area contributed by atoms with Crippen molar-refractivity contribution in [2.45, 2.75) is 6.54 Å². The maximum Gasteiger partial charge on any atom is 0.199 e. The Kier molecular flexibility index (Phi) is 5.51. The van der Waals surface area contributed by atoms with E-state index in [0.29, 0.717) is 5.56 Å². The molecule has 164 valence electrons. The summed E-state index contributed by atoms with van der Waals surface area (Å²) in [6.45, 7) is 5.40. The molecule has 1 fully saturated rings. The number of hydrogen-bond donors (Lipinski definition) is 2. The van der Waals surface area contributed by atoms with Gasteiger partial charge in [0.1, 0.15) is 7.11 Å². The second-order valence-electron chi connectivity index (χ2n) is 8.37. The number of aromatic amines is 1. The van der Waals surface area contributed by atoms with Crippen LogP contribution < -0.4 is 0 Å². The predicted octanol–water partition coefficient (Wildman–Crippen LogP) is 3.82. The molecular formula is C25H27N5O2. The van der Waals surface area contributed by atoms with Gasteiger partial charge in [-0.25, -0.2) is 4.98 Å². The van der Waals surface area contributed by atoms with Crippen LogP contribution in [0.2, 0.25) is 0 Å². The molecule has 0 amide bonds. The average Bonchev–Trinajstić information content (AvgIpc) is 3.13. The molecule has 4 aromatic rings. The Bertz CT molecular complexity index is 1290. The molecule has 1 aliphatic heterocycles. The Labute approximate surface area is 186 Å². The summed E-state index contributed by atoms with van der Waals surface area (Å²) in [5.74, 6) is 0.111. The lowest BCUT2D eigenvalue weighted by Gasteiger charge is -2.32. The molecule has 0 atom stereocenters. The van der Waals surface area contributed by atoms with Gasteiger partial charge in [-0.1, -0.05) is 29.4 Å². The summed E-state index contributed by atoms with van der Waals surface area (Å²) in [4.78, 5) is 17.5. The van der Waals surface area contributed by atoms with Gasteiger partial charge >= 0.3 is 0 Å². The number of aromatic hydroxyl groups is 1. The van der Waals surface area contributed by atoms with Crippen LogP contribution >= 0.6 is 0 Å². The number of benzene rings is 2. The molecule has 0 radical (unpaired) electrons. The van der Waals surface area contributed by atoms with Crippen LogP contribution in [0, 0.1) is 0 Å². The van der Waals surface area contributed by atoms with Gasteiger partial charge in [-0.15, -0.1) is 0 Å². The van der Waals surface area contributed by atoms with Crippen LogP contribution in [0.4, 0.5) is 0 Å². The van der Waals surface area contributed by atoms with E-state index in [0.717, 1.165) is 65.8 Å². The van der Waals surface area contributed by atoms with E-state index in [1.54, 1.807) is 6.21 Å². The zero-order valence-corrected chi connectivity index (χ0v) is 18.4. The van der Waals surface area contributed by atoms with Crippen molar-refractivity contribution in [1.29, 1.82) is 0 Å². The maximum absolute atomic E-state index is 10.6. The van der Waals surface area contributed by atoms with Gasteiger partial charge in [0.25, 0.3) is 0 Å². The molecule has 32 heavy (non-hydrogen) atoms. The van der Waals surface area contributed by atoms with Gasteiger partial charge in [0, 0.05) is 49.0 Å². The van der Waals surface area contributed by atoms with Crippen molar-refractivity contribution in [3.8, 4) is 17.1 Å². The second-order valence-corrected chi connectivity index (χ2v) is 8.37. The van der Waals surface area contributed by atoms with Crippen LogP contribution in [0.3, 0.4) is 0 Å².